The van der Waals surface area contributed by atoms with Crippen LogP contribution < -0.4 is 10.1 Å². The largest absolute Gasteiger partial charge is 0.495 e. The lowest BCUT2D eigenvalue weighted by Crippen LogP contribution is -2.32. The van der Waals surface area contributed by atoms with Crippen molar-refractivity contribution in [2.45, 2.75) is 43.4 Å². The van der Waals surface area contributed by atoms with E-state index in [2.05, 4.69) is 17.4 Å². The highest BCUT2D eigenvalue weighted by Crippen LogP contribution is 2.29. The van der Waals surface area contributed by atoms with Gasteiger partial charge in [-0.1, -0.05) is 43.2 Å². The molecule has 1 amide bonds. The Morgan fingerprint density at radius 3 is 2.42 bits per heavy atom. The first-order chi connectivity index (χ1) is 16.0. The van der Waals surface area contributed by atoms with Gasteiger partial charge < -0.3 is 14.8 Å². The third-order valence-electron chi connectivity index (χ3n) is 5.74. The highest BCUT2D eigenvalue weighted by Gasteiger charge is 2.29. The second-order valence-corrected chi connectivity index (χ2v) is 10.0. The topological polar surface area (TPSA) is 84.9 Å². The van der Waals surface area contributed by atoms with Gasteiger partial charge >= 0.3 is 0 Å². The summed E-state index contributed by atoms with van der Waals surface area (Å²) in [7, 11) is -2.30. The molecule has 0 aliphatic carbocycles. The number of carbonyl (C=O) groups excluding carboxylic acids is 1. The molecule has 1 aliphatic heterocycles. The highest BCUT2D eigenvalue weighted by atomic mass is 32.2. The Labute approximate surface area is 197 Å². The summed E-state index contributed by atoms with van der Waals surface area (Å²) in [5.41, 5.74) is 1.53. The van der Waals surface area contributed by atoms with Gasteiger partial charge in [-0.2, -0.15) is 4.31 Å². The second kappa shape index (κ2) is 12.7. The molecule has 3 rings (SSSR count). The molecule has 1 saturated heterocycles. The number of nitrogens with one attached hydrogen (secondary N) is 1. The Morgan fingerprint density at radius 2 is 1.73 bits per heavy atom. The first-order valence-corrected chi connectivity index (χ1v) is 13.0. The molecule has 0 atom stereocenters. The maximum Gasteiger partial charge on any atom is 0.251 e. The van der Waals surface area contributed by atoms with Gasteiger partial charge in [-0.25, -0.2) is 8.42 Å². The zero-order valence-corrected chi connectivity index (χ0v) is 20.1. The van der Waals surface area contributed by atoms with Crippen molar-refractivity contribution in [3.05, 3.63) is 59.7 Å². The summed E-state index contributed by atoms with van der Waals surface area (Å²) in [5.74, 6) is -0.0585. The second-order valence-electron chi connectivity index (χ2n) is 8.14. The maximum absolute atomic E-state index is 13.3. The van der Waals surface area contributed by atoms with Crippen molar-refractivity contribution in [1.29, 1.82) is 0 Å². The van der Waals surface area contributed by atoms with Crippen LogP contribution in [0.1, 0.15) is 48.0 Å². The molecule has 2 aromatic rings. The van der Waals surface area contributed by atoms with Crippen molar-refractivity contribution < 1.29 is 22.7 Å². The van der Waals surface area contributed by atoms with Gasteiger partial charge in [0.1, 0.15) is 10.6 Å². The van der Waals surface area contributed by atoms with Crippen molar-refractivity contribution in [1.82, 2.24) is 9.62 Å². The number of carbonyl (C=O) groups is 1. The zero-order valence-electron chi connectivity index (χ0n) is 19.3. The number of hydrogen-bond acceptors (Lipinski definition) is 5. The van der Waals surface area contributed by atoms with Crippen molar-refractivity contribution in [2.24, 2.45) is 0 Å². The van der Waals surface area contributed by atoms with Crippen molar-refractivity contribution in [3.63, 3.8) is 0 Å². The molecule has 1 fully saturated rings. The van der Waals surface area contributed by atoms with Crippen LogP contribution in [-0.4, -0.2) is 58.6 Å². The average molecular weight is 475 g/mol. The van der Waals surface area contributed by atoms with E-state index < -0.39 is 10.0 Å². The zero-order chi connectivity index (χ0) is 23.5. The van der Waals surface area contributed by atoms with E-state index in [-0.39, 0.29) is 16.6 Å². The molecular formula is C25H34N2O5S. The smallest absolute Gasteiger partial charge is 0.251 e. The molecule has 0 radical (unpaired) electrons. The van der Waals surface area contributed by atoms with Crippen LogP contribution in [0.5, 0.6) is 5.75 Å². The van der Waals surface area contributed by atoms with Gasteiger partial charge in [0.05, 0.1) is 13.7 Å². The maximum atomic E-state index is 13.3. The number of amides is 1. The molecule has 0 aromatic heterocycles. The van der Waals surface area contributed by atoms with Crippen molar-refractivity contribution >= 4 is 15.9 Å². The fourth-order valence-electron chi connectivity index (χ4n) is 3.86. The Bertz CT molecular complexity index is 987. The van der Waals surface area contributed by atoms with E-state index in [0.29, 0.717) is 44.8 Å². The molecule has 180 valence electrons. The van der Waals surface area contributed by atoms with E-state index in [1.54, 1.807) is 12.1 Å². The Hall–Kier alpha value is -2.42. The Kier molecular flexibility index (Phi) is 9.72. The molecule has 0 bridgehead atoms. The first-order valence-electron chi connectivity index (χ1n) is 11.6. The van der Waals surface area contributed by atoms with Crippen LogP contribution in [0.15, 0.2) is 53.4 Å². The normalized spacial score (nSPS) is 15.1. The summed E-state index contributed by atoms with van der Waals surface area (Å²) in [6.07, 6.45) is 5.27. The molecule has 8 heteroatoms. The van der Waals surface area contributed by atoms with Crippen LogP contribution in [0.4, 0.5) is 0 Å². The van der Waals surface area contributed by atoms with E-state index >= 15 is 0 Å². The van der Waals surface area contributed by atoms with E-state index in [4.69, 9.17) is 9.47 Å². The lowest BCUT2D eigenvalue weighted by Gasteiger charge is -2.21. The Balaban J connectivity index is 1.52. The summed E-state index contributed by atoms with van der Waals surface area (Å²) in [6, 6.07) is 14.7. The molecule has 2 aromatic carbocycles. The number of benzene rings is 2. The third-order valence-corrected chi connectivity index (χ3v) is 7.66. The van der Waals surface area contributed by atoms with Crippen LogP contribution in [-0.2, 0) is 21.2 Å². The lowest BCUT2D eigenvalue weighted by atomic mass is 10.2. The van der Waals surface area contributed by atoms with Gasteiger partial charge in [-0.3, -0.25) is 4.79 Å². The first kappa shape index (κ1) is 25.2. The van der Waals surface area contributed by atoms with Gasteiger partial charge in [0.25, 0.3) is 5.91 Å². The van der Waals surface area contributed by atoms with Gasteiger partial charge in [0, 0.05) is 31.8 Å². The van der Waals surface area contributed by atoms with Crippen LogP contribution in [0.2, 0.25) is 0 Å². The fourth-order valence-corrected chi connectivity index (χ4v) is 5.55. The van der Waals surface area contributed by atoms with Crippen LogP contribution in [0.25, 0.3) is 0 Å². The molecule has 7 nitrogen and oxygen atoms in total. The molecule has 1 N–H and O–H groups in total. The summed E-state index contributed by atoms with van der Waals surface area (Å²) >= 11 is 0. The predicted molar refractivity (Wildman–Crippen MR) is 128 cm³/mol. The number of nitrogens with zero attached hydrogens (tertiary/aromatic N) is 1. The van der Waals surface area contributed by atoms with Gasteiger partial charge in [0.2, 0.25) is 10.0 Å². The minimum Gasteiger partial charge on any atom is -0.495 e. The van der Waals surface area contributed by atoms with E-state index in [1.165, 1.54) is 23.0 Å². The van der Waals surface area contributed by atoms with E-state index in [1.807, 2.05) is 18.2 Å². The fraction of sp³-hybridized carbons (Fsp3) is 0.480. The summed E-state index contributed by atoms with van der Waals surface area (Å²) in [4.78, 5) is 12.7. The Morgan fingerprint density at radius 1 is 1.00 bits per heavy atom. The molecule has 1 aliphatic rings. The minimum absolute atomic E-state index is 0.0452. The van der Waals surface area contributed by atoms with Gasteiger partial charge in [-0.15, -0.1) is 0 Å². The molecule has 0 spiro atoms. The van der Waals surface area contributed by atoms with Gasteiger partial charge in [0.15, 0.2) is 0 Å². The number of methoxy groups -OCH3 is 1. The van der Waals surface area contributed by atoms with Crippen molar-refractivity contribution in [2.75, 3.05) is 40.0 Å². The minimum atomic E-state index is -3.73. The highest BCUT2D eigenvalue weighted by molar-refractivity contribution is 7.89. The van der Waals surface area contributed by atoms with Crippen LogP contribution in [0.3, 0.4) is 0 Å². The number of hydrogen-bond donors (Lipinski definition) is 1. The molecule has 0 saturated carbocycles. The van der Waals surface area contributed by atoms with E-state index in [9.17, 15) is 13.2 Å². The molecular weight excluding hydrogens is 440 g/mol. The molecule has 33 heavy (non-hydrogen) atoms. The molecule has 0 unspecified atom stereocenters. The quantitative estimate of drug-likeness (QED) is 0.503. The number of rotatable bonds is 11. The van der Waals surface area contributed by atoms with Crippen molar-refractivity contribution in [3.8, 4) is 5.75 Å². The predicted octanol–water partition coefficient (Wildman–Crippen LogP) is 3.64. The van der Waals surface area contributed by atoms with Crippen LogP contribution in [0, 0.1) is 0 Å². The summed E-state index contributed by atoms with van der Waals surface area (Å²) < 4.78 is 39.0. The number of sulfonamides is 1. The number of ether oxygens (including phenoxy) is 2. The van der Waals surface area contributed by atoms with E-state index in [0.717, 1.165) is 32.1 Å². The van der Waals surface area contributed by atoms with Crippen LogP contribution >= 0.6 is 0 Å². The lowest BCUT2D eigenvalue weighted by molar-refractivity contribution is 0.0942. The molecule has 1 heterocycles. The SMILES string of the molecule is COc1ccc(C(=O)NCCCOCCc2ccccc2)cc1S(=O)(=O)N1CCCCCC1. The standard InChI is InChI=1S/C25H34N2O5S/c1-31-23-13-12-22(20-24(23)33(29,30)27-16-7-2-3-8-17-27)25(28)26-15-9-18-32-19-14-21-10-5-4-6-11-21/h4-6,10-13,20H,2-3,7-9,14-19H2,1H3,(H,26,28). The average Bonchev–Trinajstić information content (AvgIpc) is 3.14. The monoisotopic (exact) mass is 474 g/mol. The summed E-state index contributed by atoms with van der Waals surface area (Å²) in [6.45, 7) is 2.61. The van der Waals surface area contributed by atoms with Gasteiger partial charge in [-0.05, 0) is 49.4 Å². The summed E-state index contributed by atoms with van der Waals surface area (Å²) in [5, 5.41) is 2.85. The third kappa shape index (κ3) is 7.28.